The van der Waals surface area contributed by atoms with Gasteiger partial charge >= 0.3 is 11.9 Å². The molecule has 8 nitrogen and oxygen atoms in total. The molecule has 256 valence electrons. The molecule has 2 aliphatic carbocycles. The van der Waals surface area contributed by atoms with E-state index in [0.717, 1.165) is 77.3 Å². The molecule has 0 aromatic carbocycles. The SMILES string of the molecule is C=C1C(=O)O[C@H]2[C@H]1CC/C(C=NCCCCCCCCCN=C/C1=C/CC[C@@]3(C)O[C@H]3[C@H]3OC(=O)C(=C)[C@@H]3CC1)=C\CC[C@@]1(C)O[C@@H]21. The number of carbonyl (C=O) groups excluding carboxylic acids is 2. The average molecular weight is 647 g/mol. The van der Waals surface area contributed by atoms with Gasteiger partial charge in [0.1, 0.15) is 24.4 Å². The number of allylic oxidation sites excluding steroid dienone is 4. The Morgan fingerprint density at radius 3 is 1.53 bits per heavy atom. The molecule has 0 aromatic rings. The van der Waals surface area contributed by atoms with Gasteiger partial charge in [-0.15, -0.1) is 0 Å². The Labute approximate surface area is 280 Å². The number of unbranched alkanes of at least 4 members (excludes halogenated alkanes) is 6. The van der Waals surface area contributed by atoms with Crippen LogP contribution in [-0.4, -0.2) is 73.1 Å². The summed E-state index contributed by atoms with van der Waals surface area (Å²) < 4.78 is 23.3. The first-order valence-corrected chi connectivity index (χ1v) is 18.2. The number of fused-ring (bicyclic) bond motifs is 6. The molecule has 0 N–H and O–H groups in total. The highest BCUT2D eigenvalue weighted by Gasteiger charge is 2.62. The summed E-state index contributed by atoms with van der Waals surface area (Å²) in [5.74, 6) is -0.459. The van der Waals surface area contributed by atoms with Crippen molar-refractivity contribution in [3.63, 3.8) is 0 Å². The van der Waals surface area contributed by atoms with Crippen LogP contribution >= 0.6 is 0 Å². The van der Waals surface area contributed by atoms with E-state index in [2.05, 4.69) is 51.6 Å². The Morgan fingerprint density at radius 1 is 0.702 bits per heavy atom. The van der Waals surface area contributed by atoms with Crippen molar-refractivity contribution in [1.82, 2.24) is 0 Å². The molecule has 0 aromatic heterocycles. The van der Waals surface area contributed by atoms with Crippen LogP contribution < -0.4 is 0 Å². The van der Waals surface area contributed by atoms with Gasteiger partial charge in [0.05, 0.1) is 11.2 Å². The van der Waals surface area contributed by atoms with Gasteiger partial charge < -0.3 is 18.9 Å². The lowest BCUT2D eigenvalue weighted by Crippen LogP contribution is -2.28. The molecule has 4 fully saturated rings. The van der Waals surface area contributed by atoms with Crippen molar-refractivity contribution in [2.24, 2.45) is 21.8 Å². The molecular weight excluding hydrogens is 592 g/mol. The molecule has 0 saturated carbocycles. The molecule has 0 bridgehead atoms. The second kappa shape index (κ2) is 14.7. The molecule has 8 atom stereocenters. The maximum atomic E-state index is 12.2. The summed E-state index contributed by atoms with van der Waals surface area (Å²) >= 11 is 0. The fourth-order valence-corrected chi connectivity index (χ4v) is 8.05. The van der Waals surface area contributed by atoms with E-state index in [1.807, 2.05) is 0 Å². The van der Waals surface area contributed by atoms with Gasteiger partial charge in [-0.2, -0.15) is 0 Å². The average Bonchev–Trinajstić information content (AvgIpc) is 3.86. The molecule has 0 unspecified atom stereocenters. The van der Waals surface area contributed by atoms with Crippen LogP contribution in [0.15, 0.2) is 57.6 Å². The van der Waals surface area contributed by atoms with Gasteiger partial charge in [0.2, 0.25) is 0 Å². The summed E-state index contributed by atoms with van der Waals surface area (Å²) in [5, 5.41) is 0. The van der Waals surface area contributed by atoms with Gasteiger partial charge in [-0.25, -0.2) is 9.59 Å². The Kier molecular flexibility index (Phi) is 10.7. The minimum atomic E-state index is -0.262. The van der Waals surface area contributed by atoms with Crippen LogP contribution in [0.4, 0.5) is 0 Å². The summed E-state index contributed by atoms with van der Waals surface area (Å²) in [6.45, 7) is 14.0. The van der Waals surface area contributed by atoms with E-state index < -0.39 is 0 Å². The van der Waals surface area contributed by atoms with E-state index in [-0.39, 0.29) is 59.4 Å². The second-order valence-electron chi connectivity index (χ2n) is 15.0. The van der Waals surface area contributed by atoms with E-state index in [4.69, 9.17) is 28.9 Å². The Balaban J connectivity index is 0.828. The molecule has 4 heterocycles. The Hall–Kier alpha value is -2.84. The number of hydrogen-bond donors (Lipinski definition) is 0. The van der Waals surface area contributed by atoms with E-state index in [1.54, 1.807) is 0 Å². The predicted octanol–water partition coefficient (Wildman–Crippen LogP) is 7.37. The summed E-state index contributed by atoms with van der Waals surface area (Å²) in [4.78, 5) is 33.9. The molecule has 4 aliphatic heterocycles. The lowest BCUT2D eigenvalue weighted by Gasteiger charge is -2.19. The number of carbonyl (C=O) groups is 2. The monoisotopic (exact) mass is 646 g/mol. The van der Waals surface area contributed by atoms with E-state index in [9.17, 15) is 9.59 Å². The molecule has 47 heavy (non-hydrogen) atoms. The zero-order valence-electron chi connectivity index (χ0n) is 28.6. The van der Waals surface area contributed by atoms with Crippen LogP contribution in [0.5, 0.6) is 0 Å². The zero-order valence-corrected chi connectivity index (χ0v) is 28.6. The van der Waals surface area contributed by atoms with Gasteiger partial charge in [-0.1, -0.05) is 57.4 Å². The summed E-state index contributed by atoms with van der Waals surface area (Å²) in [5.41, 5.74) is 3.29. The molecule has 4 saturated heterocycles. The lowest BCUT2D eigenvalue weighted by atomic mass is 9.84. The predicted molar refractivity (Wildman–Crippen MR) is 184 cm³/mol. The molecule has 8 heteroatoms. The fraction of sp³-hybridized carbons (Fsp3) is 0.692. The third kappa shape index (κ3) is 8.07. The van der Waals surface area contributed by atoms with Gasteiger partial charge in [0, 0.05) is 48.5 Å². The summed E-state index contributed by atoms with van der Waals surface area (Å²) in [6, 6.07) is 0. The van der Waals surface area contributed by atoms with Gasteiger partial charge in [0.25, 0.3) is 0 Å². The van der Waals surface area contributed by atoms with E-state index in [1.165, 1.54) is 43.3 Å². The number of epoxide rings is 2. The first-order valence-electron chi connectivity index (χ1n) is 18.2. The topological polar surface area (TPSA) is 102 Å². The number of rotatable bonds is 12. The minimum absolute atomic E-state index is 0.000295. The molecule has 6 aliphatic rings. The number of ether oxygens (including phenoxy) is 4. The quantitative estimate of drug-likeness (QED) is 0.0721. The van der Waals surface area contributed by atoms with Crippen molar-refractivity contribution in [2.75, 3.05) is 13.1 Å². The largest absolute Gasteiger partial charge is 0.455 e. The lowest BCUT2D eigenvalue weighted by molar-refractivity contribution is -0.140. The Morgan fingerprint density at radius 2 is 1.11 bits per heavy atom. The van der Waals surface area contributed by atoms with Crippen molar-refractivity contribution >= 4 is 24.4 Å². The molecule has 0 radical (unpaired) electrons. The third-order valence-corrected chi connectivity index (χ3v) is 11.3. The number of aliphatic imine (C=N–C) groups is 2. The van der Waals surface area contributed by atoms with Crippen LogP contribution in [-0.2, 0) is 28.5 Å². The van der Waals surface area contributed by atoms with Crippen LogP contribution in [0, 0.1) is 11.8 Å². The van der Waals surface area contributed by atoms with Gasteiger partial charge in [-0.3, -0.25) is 9.98 Å². The molecular formula is C39H54N2O6. The fourth-order valence-electron chi connectivity index (χ4n) is 8.05. The highest BCUT2D eigenvalue weighted by molar-refractivity contribution is 5.91. The number of hydrogen-bond acceptors (Lipinski definition) is 8. The van der Waals surface area contributed by atoms with Crippen LogP contribution in [0.3, 0.4) is 0 Å². The first kappa shape index (κ1) is 34.0. The maximum Gasteiger partial charge on any atom is 0.334 e. The van der Waals surface area contributed by atoms with Crippen molar-refractivity contribution in [3.05, 3.63) is 47.6 Å². The van der Waals surface area contributed by atoms with E-state index in [0.29, 0.717) is 11.1 Å². The standard InChI is InChI=1S/C39H54N2O6/c1-26-30-18-16-28(14-12-20-38(3)34(46-38)32(30)44-36(26)42)24-40-22-10-8-6-5-7-9-11-23-41-25-29-15-13-21-39(4)35(47-39)33-31(19-17-29)27(2)37(43)45-33/h14-15,24-25,30-35H,1-2,5-13,16-23H2,3-4H3/b28-14+,29-15+,40-24?,41-25?/t30-,31-,32-,33-,34-,35-,38+,39+/m0/s1. The van der Waals surface area contributed by atoms with Gasteiger partial charge in [-0.05, 0) is 89.2 Å². The van der Waals surface area contributed by atoms with Crippen molar-refractivity contribution in [1.29, 1.82) is 0 Å². The Bertz CT molecular complexity index is 1250. The van der Waals surface area contributed by atoms with Crippen molar-refractivity contribution < 1.29 is 28.5 Å². The first-order chi connectivity index (χ1) is 22.7. The zero-order chi connectivity index (χ0) is 33.0. The highest BCUT2D eigenvalue weighted by Crippen LogP contribution is 2.51. The number of nitrogens with zero attached hydrogens (tertiary/aromatic N) is 2. The highest BCUT2D eigenvalue weighted by atomic mass is 16.7. The summed E-state index contributed by atoms with van der Waals surface area (Å²) in [6.07, 6.45) is 23.9. The van der Waals surface area contributed by atoms with Crippen molar-refractivity contribution in [3.8, 4) is 0 Å². The summed E-state index contributed by atoms with van der Waals surface area (Å²) in [7, 11) is 0. The van der Waals surface area contributed by atoms with E-state index >= 15 is 0 Å². The smallest absolute Gasteiger partial charge is 0.334 e. The number of esters is 2. The van der Waals surface area contributed by atoms with Crippen LogP contribution in [0.2, 0.25) is 0 Å². The van der Waals surface area contributed by atoms with Crippen LogP contribution in [0.25, 0.3) is 0 Å². The molecule has 0 spiro atoms. The van der Waals surface area contributed by atoms with Gasteiger partial charge in [0.15, 0.2) is 0 Å². The second-order valence-corrected chi connectivity index (χ2v) is 15.0. The normalized spacial score (nSPS) is 39.2. The molecule has 0 amide bonds. The third-order valence-electron chi connectivity index (χ3n) is 11.3. The minimum Gasteiger partial charge on any atom is -0.455 e. The maximum absolute atomic E-state index is 12.2. The van der Waals surface area contributed by atoms with Crippen LogP contribution in [0.1, 0.15) is 110 Å². The van der Waals surface area contributed by atoms with Crippen molar-refractivity contribution in [2.45, 2.75) is 146 Å². The molecule has 6 rings (SSSR count).